The lowest BCUT2D eigenvalue weighted by Gasteiger charge is -2.16. The van der Waals surface area contributed by atoms with Crippen molar-refractivity contribution in [3.05, 3.63) is 59.2 Å². The minimum atomic E-state index is -3.63. The van der Waals surface area contributed by atoms with Crippen molar-refractivity contribution in [1.82, 2.24) is 4.72 Å². The van der Waals surface area contributed by atoms with Gasteiger partial charge in [-0.15, -0.1) is 12.4 Å². The topological polar surface area (TPSA) is 101 Å². The third-order valence-corrected chi connectivity index (χ3v) is 6.10. The molecular formula is C20H26ClN3O3S. The lowest BCUT2D eigenvalue weighted by Crippen LogP contribution is -2.29. The number of amides is 1. The minimum Gasteiger partial charge on any atom is -0.329 e. The van der Waals surface area contributed by atoms with Gasteiger partial charge < -0.3 is 11.1 Å². The molecule has 28 heavy (non-hydrogen) atoms. The largest absolute Gasteiger partial charge is 0.329 e. The van der Waals surface area contributed by atoms with Gasteiger partial charge in [0.15, 0.2) is 0 Å². The van der Waals surface area contributed by atoms with E-state index in [-0.39, 0.29) is 42.7 Å². The molecule has 1 aliphatic carbocycles. The molecule has 0 radical (unpaired) electrons. The molecule has 0 fully saturated rings. The molecule has 0 unspecified atom stereocenters. The predicted octanol–water partition coefficient (Wildman–Crippen LogP) is 2.41. The standard InChI is InChI=1S/C20H25N3O3S.ClH/c21-10-11-22-27(25,26)19-7-3-6-18(14-19)23-20(24)13-15-8-9-16-4-1-2-5-17(16)12-15;/h3,6-9,12,14,22H,1-2,4-5,10-11,13,21H2,(H,23,24);1H. The number of halogens is 1. The van der Waals surface area contributed by atoms with Crippen LogP contribution in [0.25, 0.3) is 0 Å². The van der Waals surface area contributed by atoms with Crippen LogP contribution < -0.4 is 15.8 Å². The highest BCUT2D eigenvalue weighted by Gasteiger charge is 2.15. The van der Waals surface area contributed by atoms with Crippen molar-refractivity contribution in [2.75, 3.05) is 18.4 Å². The van der Waals surface area contributed by atoms with Crippen LogP contribution in [0.1, 0.15) is 29.5 Å². The fourth-order valence-corrected chi connectivity index (χ4v) is 4.40. The van der Waals surface area contributed by atoms with E-state index in [0.717, 1.165) is 18.4 Å². The van der Waals surface area contributed by atoms with Crippen LogP contribution >= 0.6 is 12.4 Å². The maximum Gasteiger partial charge on any atom is 0.240 e. The summed E-state index contributed by atoms with van der Waals surface area (Å²) in [5, 5.41) is 2.78. The molecule has 8 heteroatoms. The summed E-state index contributed by atoms with van der Waals surface area (Å²) in [7, 11) is -3.63. The summed E-state index contributed by atoms with van der Waals surface area (Å²) in [6, 6.07) is 12.4. The molecule has 0 saturated carbocycles. The molecule has 0 bridgehead atoms. The second-order valence-corrected chi connectivity index (χ2v) is 8.52. The molecule has 0 spiro atoms. The first-order valence-corrected chi connectivity index (χ1v) is 10.7. The van der Waals surface area contributed by atoms with Crippen LogP contribution in [0.3, 0.4) is 0 Å². The fraction of sp³-hybridized carbons (Fsp3) is 0.350. The predicted molar refractivity (Wildman–Crippen MR) is 113 cm³/mol. The quantitative estimate of drug-likeness (QED) is 0.636. The maximum atomic E-state index is 12.4. The van der Waals surface area contributed by atoms with E-state index in [1.807, 2.05) is 6.07 Å². The second-order valence-electron chi connectivity index (χ2n) is 6.75. The van der Waals surface area contributed by atoms with Gasteiger partial charge in [0, 0.05) is 18.8 Å². The van der Waals surface area contributed by atoms with Gasteiger partial charge >= 0.3 is 0 Å². The Kier molecular flexibility index (Phi) is 8.00. The third kappa shape index (κ3) is 5.78. The van der Waals surface area contributed by atoms with E-state index in [2.05, 4.69) is 22.2 Å². The van der Waals surface area contributed by atoms with E-state index in [1.165, 1.54) is 36.1 Å². The van der Waals surface area contributed by atoms with Gasteiger partial charge in [0.2, 0.25) is 15.9 Å². The van der Waals surface area contributed by atoms with Gasteiger partial charge in [0.1, 0.15) is 0 Å². The smallest absolute Gasteiger partial charge is 0.240 e. The van der Waals surface area contributed by atoms with Crippen molar-refractivity contribution < 1.29 is 13.2 Å². The van der Waals surface area contributed by atoms with E-state index in [0.29, 0.717) is 5.69 Å². The lowest BCUT2D eigenvalue weighted by atomic mass is 9.90. The molecule has 152 valence electrons. The van der Waals surface area contributed by atoms with Gasteiger partial charge in [-0.2, -0.15) is 0 Å². The van der Waals surface area contributed by atoms with Gasteiger partial charge in [-0.05, 0) is 60.6 Å². The van der Waals surface area contributed by atoms with E-state index in [9.17, 15) is 13.2 Å². The average Bonchev–Trinajstić information content (AvgIpc) is 2.66. The molecule has 0 aromatic heterocycles. The zero-order valence-corrected chi connectivity index (χ0v) is 17.2. The van der Waals surface area contributed by atoms with E-state index in [4.69, 9.17) is 5.73 Å². The Morgan fingerprint density at radius 1 is 1.04 bits per heavy atom. The zero-order valence-electron chi connectivity index (χ0n) is 15.6. The first kappa shape index (κ1) is 22.4. The molecule has 0 aliphatic heterocycles. The summed E-state index contributed by atoms with van der Waals surface area (Å²) < 4.78 is 26.8. The van der Waals surface area contributed by atoms with Crippen molar-refractivity contribution in [2.24, 2.45) is 5.73 Å². The average molecular weight is 424 g/mol. The summed E-state index contributed by atoms with van der Waals surface area (Å²) in [5.74, 6) is -0.171. The lowest BCUT2D eigenvalue weighted by molar-refractivity contribution is -0.115. The van der Waals surface area contributed by atoms with Crippen molar-refractivity contribution in [1.29, 1.82) is 0 Å². The molecule has 4 N–H and O–H groups in total. The summed E-state index contributed by atoms with van der Waals surface area (Å²) in [5.41, 5.74) is 9.49. The molecule has 1 aliphatic rings. The SMILES string of the molecule is Cl.NCCNS(=O)(=O)c1cccc(NC(=O)Cc2ccc3c(c2)CCCC3)c1. The highest BCUT2D eigenvalue weighted by molar-refractivity contribution is 7.89. The second kappa shape index (κ2) is 10.0. The Balaban J connectivity index is 0.00000280. The number of rotatable bonds is 7. The van der Waals surface area contributed by atoms with Crippen molar-refractivity contribution >= 4 is 34.0 Å². The van der Waals surface area contributed by atoms with Crippen LogP contribution in [0.15, 0.2) is 47.4 Å². The molecule has 1 amide bonds. The Morgan fingerprint density at radius 2 is 1.79 bits per heavy atom. The molecule has 0 atom stereocenters. The van der Waals surface area contributed by atoms with Gasteiger partial charge in [0.25, 0.3) is 0 Å². The van der Waals surface area contributed by atoms with Crippen molar-refractivity contribution in [3.63, 3.8) is 0 Å². The fourth-order valence-electron chi connectivity index (χ4n) is 3.30. The van der Waals surface area contributed by atoms with Gasteiger partial charge in [-0.25, -0.2) is 13.1 Å². The highest BCUT2D eigenvalue weighted by Crippen LogP contribution is 2.23. The van der Waals surface area contributed by atoms with Gasteiger partial charge in [0.05, 0.1) is 11.3 Å². The summed E-state index contributed by atoms with van der Waals surface area (Å²) in [6.07, 6.45) is 4.87. The number of nitrogens with two attached hydrogens (primary N) is 1. The maximum absolute atomic E-state index is 12.4. The molecule has 0 heterocycles. The molecule has 2 aromatic carbocycles. The molecule has 0 saturated heterocycles. The number of fused-ring (bicyclic) bond motifs is 1. The Hall–Kier alpha value is -1.93. The normalized spacial score (nSPS) is 13.3. The number of benzene rings is 2. The van der Waals surface area contributed by atoms with Crippen LogP contribution in [0.4, 0.5) is 5.69 Å². The number of carbonyl (C=O) groups excluding carboxylic acids is 1. The first-order valence-electron chi connectivity index (χ1n) is 9.18. The number of aryl methyl sites for hydroxylation is 2. The third-order valence-electron chi connectivity index (χ3n) is 4.64. The molecule has 2 aromatic rings. The summed E-state index contributed by atoms with van der Waals surface area (Å²) in [4.78, 5) is 12.5. The number of hydrogen-bond acceptors (Lipinski definition) is 4. The number of hydrogen-bond donors (Lipinski definition) is 3. The number of anilines is 1. The first-order chi connectivity index (χ1) is 13.0. The monoisotopic (exact) mass is 423 g/mol. The number of nitrogens with one attached hydrogen (secondary N) is 2. The number of carbonyl (C=O) groups is 1. The molecule has 6 nitrogen and oxygen atoms in total. The van der Waals surface area contributed by atoms with Crippen LogP contribution in [0.2, 0.25) is 0 Å². The van der Waals surface area contributed by atoms with Crippen LogP contribution in [-0.4, -0.2) is 27.4 Å². The minimum absolute atomic E-state index is 0. The van der Waals surface area contributed by atoms with Crippen molar-refractivity contribution in [3.8, 4) is 0 Å². The van der Waals surface area contributed by atoms with Crippen molar-refractivity contribution in [2.45, 2.75) is 37.0 Å². The molecule has 3 rings (SSSR count). The molecular weight excluding hydrogens is 398 g/mol. The Bertz CT molecular complexity index is 932. The Labute approximate surface area is 172 Å². The number of sulfonamides is 1. The van der Waals surface area contributed by atoms with Crippen LogP contribution in [0.5, 0.6) is 0 Å². The van der Waals surface area contributed by atoms with E-state index >= 15 is 0 Å². The van der Waals surface area contributed by atoms with Crippen LogP contribution in [0, 0.1) is 0 Å². The zero-order chi connectivity index (χ0) is 19.3. The van der Waals surface area contributed by atoms with Gasteiger partial charge in [-0.1, -0.05) is 24.3 Å². The highest BCUT2D eigenvalue weighted by atomic mass is 35.5. The van der Waals surface area contributed by atoms with E-state index < -0.39 is 10.0 Å². The van der Waals surface area contributed by atoms with Crippen LogP contribution in [-0.2, 0) is 34.1 Å². The summed E-state index contributed by atoms with van der Waals surface area (Å²) in [6.45, 7) is 0.383. The summed E-state index contributed by atoms with van der Waals surface area (Å²) >= 11 is 0. The Morgan fingerprint density at radius 3 is 2.54 bits per heavy atom. The van der Waals surface area contributed by atoms with Gasteiger partial charge in [-0.3, -0.25) is 4.79 Å². The van der Waals surface area contributed by atoms with E-state index in [1.54, 1.807) is 12.1 Å².